The number of benzene rings is 2. The zero-order valence-corrected chi connectivity index (χ0v) is 12.2. The second-order valence-corrected chi connectivity index (χ2v) is 4.67. The van der Waals surface area contributed by atoms with Crippen molar-refractivity contribution in [3.63, 3.8) is 0 Å². The van der Waals surface area contributed by atoms with Crippen LogP contribution in [0.4, 0.5) is 0 Å². The van der Waals surface area contributed by atoms with E-state index in [1.165, 1.54) is 7.11 Å². The summed E-state index contributed by atoms with van der Waals surface area (Å²) in [7, 11) is 1.53. The molecule has 3 nitrogen and oxygen atoms in total. The molecule has 0 saturated heterocycles. The number of nitrogens with zero attached hydrogens (tertiary/aromatic N) is 1. The van der Waals surface area contributed by atoms with Crippen molar-refractivity contribution >= 4 is 17.3 Å². The lowest BCUT2D eigenvalue weighted by molar-refractivity contribution is 0.213. The molecule has 0 N–H and O–H groups in total. The summed E-state index contributed by atoms with van der Waals surface area (Å²) in [5.41, 5.74) is 2.79. The minimum absolute atomic E-state index is 0.449. The summed E-state index contributed by atoms with van der Waals surface area (Å²) < 4.78 is 5.71. The van der Waals surface area contributed by atoms with Crippen LogP contribution in [0.1, 0.15) is 18.1 Å². The summed E-state index contributed by atoms with van der Waals surface area (Å²) in [6.07, 6.45) is 0. The minimum Gasteiger partial charge on any atom is -0.489 e. The smallest absolute Gasteiger partial charge is 0.119 e. The van der Waals surface area contributed by atoms with E-state index in [4.69, 9.17) is 21.2 Å². The molecule has 0 fully saturated rings. The third kappa shape index (κ3) is 3.75. The third-order valence-electron chi connectivity index (χ3n) is 2.85. The zero-order valence-electron chi connectivity index (χ0n) is 11.5. The quantitative estimate of drug-likeness (QED) is 0.607. The summed E-state index contributed by atoms with van der Waals surface area (Å²) in [5.74, 6) is 0.791. The highest BCUT2D eigenvalue weighted by Gasteiger charge is 2.02. The molecule has 104 valence electrons. The van der Waals surface area contributed by atoms with Gasteiger partial charge in [0.2, 0.25) is 0 Å². The van der Waals surface area contributed by atoms with Crippen molar-refractivity contribution in [2.45, 2.75) is 13.5 Å². The van der Waals surface area contributed by atoms with E-state index in [9.17, 15) is 0 Å². The molecule has 2 aromatic rings. The zero-order chi connectivity index (χ0) is 14.4. The molecule has 0 aliphatic heterocycles. The molecule has 2 aromatic carbocycles. The van der Waals surface area contributed by atoms with Gasteiger partial charge in [-0.2, -0.15) is 0 Å². The van der Waals surface area contributed by atoms with Crippen LogP contribution in [-0.4, -0.2) is 12.8 Å². The van der Waals surface area contributed by atoms with E-state index in [0.717, 1.165) is 22.6 Å². The maximum Gasteiger partial charge on any atom is 0.119 e. The van der Waals surface area contributed by atoms with E-state index >= 15 is 0 Å². The van der Waals surface area contributed by atoms with Crippen molar-refractivity contribution < 1.29 is 9.57 Å². The molecule has 20 heavy (non-hydrogen) atoms. The fourth-order valence-electron chi connectivity index (χ4n) is 1.76. The normalized spacial score (nSPS) is 11.2. The SMILES string of the molecule is CO/N=C(\C)c1ccc(OCc2ccccc2Cl)cc1. The first-order valence-corrected chi connectivity index (χ1v) is 6.63. The van der Waals surface area contributed by atoms with Crippen LogP contribution in [0.2, 0.25) is 5.02 Å². The van der Waals surface area contributed by atoms with Crippen molar-refractivity contribution in [2.24, 2.45) is 5.16 Å². The molecule has 0 amide bonds. The maximum absolute atomic E-state index is 6.08. The standard InChI is InChI=1S/C16H16ClNO2/c1-12(18-19-2)13-7-9-15(10-8-13)20-11-14-5-3-4-6-16(14)17/h3-10H,11H2,1-2H3/b18-12+. The second kappa shape index (κ2) is 6.96. The topological polar surface area (TPSA) is 30.8 Å². The Morgan fingerprint density at radius 2 is 1.80 bits per heavy atom. The lowest BCUT2D eigenvalue weighted by atomic mass is 10.1. The van der Waals surface area contributed by atoms with Gasteiger partial charge in [-0.1, -0.05) is 35.0 Å². The van der Waals surface area contributed by atoms with Crippen LogP contribution in [0, 0.1) is 0 Å². The molecule has 2 rings (SSSR count). The monoisotopic (exact) mass is 289 g/mol. The van der Waals surface area contributed by atoms with Crippen molar-refractivity contribution in [2.75, 3.05) is 7.11 Å². The number of oxime groups is 1. The molecule has 0 aliphatic carbocycles. The predicted octanol–water partition coefficient (Wildman–Crippen LogP) is 4.29. The van der Waals surface area contributed by atoms with Gasteiger partial charge >= 0.3 is 0 Å². The predicted molar refractivity (Wildman–Crippen MR) is 81.4 cm³/mol. The lowest BCUT2D eigenvalue weighted by Gasteiger charge is -2.08. The van der Waals surface area contributed by atoms with Crippen molar-refractivity contribution in [3.8, 4) is 5.75 Å². The molecule has 0 bridgehead atoms. The van der Waals surface area contributed by atoms with E-state index < -0.39 is 0 Å². The summed E-state index contributed by atoms with van der Waals surface area (Å²) in [5, 5.41) is 4.60. The van der Waals surface area contributed by atoms with Gasteiger partial charge in [0, 0.05) is 10.6 Å². The Morgan fingerprint density at radius 1 is 1.10 bits per heavy atom. The van der Waals surface area contributed by atoms with Gasteiger partial charge < -0.3 is 9.57 Å². The molecule has 0 spiro atoms. The third-order valence-corrected chi connectivity index (χ3v) is 3.22. The number of hydrogen-bond donors (Lipinski definition) is 0. The molecular formula is C16H16ClNO2. The summed E-state index contributed by atoms with van der Waals surface area (Å²) >= 11 is 6.08. The van der Waals surface area contributed by atoms with Gasteiger partial charge in [0.05, 0.1) is 5.71 Å². The van der Waals surface area contributed by atoms with Gasteiger partial charge in [-0.25, -0.2) is 0 Å². The number of hydrogen-bond acceptors (Lipinski definition) is 3. The molecule has 0 heterocycles. The van der Waals surface area contributed by atoms with Crippen LogP contribution in [-0.2, 0) is 11.4 Å². The van der Waals surface area contributed by atoms with Crippen LogP contribution in [0.3, 0.4) is 0 Å². The first kappa shape index (κ1) is 14.4. The highest BCUT2D eigenvalue weighted by atomic mass is 35.5. The van der Waals surface area contributed by atoms with Crippen molar-refractivity contribution in [1.29, 1.82) is 0 Å². The Morgan fingerprint density at radius 3 is 2.45 bits per heavy atom. The van der Waals surface area contributed by atoms with Gasteiger partial charge in [-0.05, 0) is 42.8 Å². The van der Waals surface area contributed by atoms with Gasteiger partial charge in [-0.3, -0.25) is 0 Å². The van der Waals surface area contributed by atoms with Crippen LogP contribution < -0.4 is 4.74 Å². The number of ether oxygens (including phenoxy) is 1. The molecule has 0 aromatic heterocycles. The van der Waals surface area contributed by atoms with Gasteiger partial charge in [0.15, 0.2) is 0 Å². The van der Waals surface area contributed by atoms with E-state index in [2.05, 4.69) is 5.16 Å². The maximum atomic E-state index is 6.08. The summed E-state index contributed by atoms with van der Waals surface area (Å²) in [6.45, 7) is 2.34. The molecule has 0 aliphatic rings. The molecular weight excluding hydrogens is 274 g/mol. The van der Waals surface area contributed by atoms with E-state index in [0.29, 0.717) is 11.6 Å². The Hall–Kier alpha value is -2.00. The highest BCUT2D eigenvalue weighted by molar-refractivity contribution is 6.31. The first-order chi connectivity index (χ1) is 9.70. The second-order valence-electron chi connectivity index (χ2n) is 4.26. The Balaban J connectivity index is 2.01. The molecule has 0 radical (unpaired) electrons. The highest BCUT2D eigenvalue weighted by Crippen LogP contribution is 2.19. The van der Waals surface area contributed by atoms with Crippen LogP contribution in [0.25, 0.3) is 0 Å². The van der Waals surface area contributed by atoms with E-state index in [1.807, 2.05) is 55.5 Å². The number of halogens is 1. The molecule has 0 unspecified atom stereocenters. The minimum atomic E-state index is 0.449. The van der Waals surface area contributed by atoms with Crippen molar-refractivity contribution in [1.82, 2.24) is 0 Å². The molecule has 4 heteroatoms. The van der Waals surface area contributed by atoms with Gasteiger partial charge in [-0.15, -0.1) is 0 Å². The van der Waals surface area contributed by atoms with Gasteiger partial charge in [0.1, 0.15) is 19.5 Å². The molecule has 0 saturated carbocycles. The average Bonchev–Trinajstić information content (AvgIpc) is 2.47. The van der Waals surface area contributed by atoms with E-state index in [1.54, 1.807) is 0 Å². The van der Waals surface area contributed by atoms with Crippen LogP contribution in [0.5, 0.6) is 5.75 Å². The summed E-state index contributed by atoms with van der Waals surface area (Å²) in [4.78, 5) is 4.75. The summed E-state index contributed by atoms with van der Waals surface area (Å²) in [6, 6.07) is 15.3. The Labute approximate surface area is 123 Å². The lowest BCUT2D eigenvalue weighted by Crippen LogP contribution is -1.98. The van der Waals surface area contributed by atoms with E-state index in [-0.39, 0.29) is 0 Å². The number of rotatable bonds is 5. The largest absolute Gasteiger partial charge is 0.489 e. The first-order valence-electron chi connectivity index (χ1n) is 6.25. The average molecular weight is 290 g/mol. The Kier molecular flexibility index (Phi) is 5.02. The fourth-order valence-corrected chi connectivity index (χ4v) is 1.95. The molecule has 0 atom stereocenters. The fraction of sp³-hybridized carbons (Fsp3) is 0.188. The Bertz CT molecular complexity index is 594. The van der Waals surface area contributed by atoms with Crippen LogP contribution in [0.15, 0.2) is 53.7 Å². The van der Waals surface area contributed by atoms with Crippen LogP contribution >= 0.6 is 11.6 Å². The van der Waals surface area contributed by atoms with Crippen molar-refractivity contribution in [3.05, 3.63) is 64.7 Å². The van der Waals surface area contributed by atoms with Gasteiger partial charge in [0.25, 0.3) is 0 Å².